The molecular formula is C23H15N5O5. The van der Waals surface area contributed by atoms with Crippen LogP contribution in [0.1, 0.15) is 16.7 Å². The van der Waals surface area contributed by atoms with Crippen LogP contribution in [0.2, 0.25) is 0 Å². The highest BCUT2D eigenvalue weighted by molar-refractivity contribution is 6.20. The molecule has 0 bridgehead atoms. The van der Waals surface area contributed by atoms with Gasteiger partial charge in [0.2, 0.25) is 0 Å². The van der Waals surface area contributed by atoms with Crippen molar-refractivity contribution in [3.05, 3.63) is 121 Å². The van der Waals surface area contributed by atoms with E-state index in [2.05, 4.69) is 10.1 Å². The van der Waals surface area contributed by atoms with Crippen molar-refractivity contribution in [1.29, 1.82) is 0 Å². The van der Waals surface area contributed by atoms with E-state index in [1.165, 1.54) is 48.7 Å². The number of hydrogen-bond donors (Lipinski definition) is 0. The summed E-state index contributed by atoms with van der Waals surface area (Å²) in [4.78, 5) is 39.1. The predicted molar refractivity (Wildman–Crippen MR) is 122 cm³/mol. The number of para-hydroxylation sites is 2. The summed E-state index contributed by atoms with van der Waals surface area (Å²) in [5, 5.41) is 27.8. The van der Waals surface area contributed by atoms with Crippen molar-refractivity contribution < 1.29 is 14.6 Å². The number of aliphatic imine (C=N–C) groups is 1. The number of benzene rings is 3. The number of hydrazone groups is 1. The Morgan fingerprint density at radius 3 is 1.97 bits per heavy atom. The molecule has 10 nitrogen and oxygen atoms in total. The number of amides is 1. The van der Waals surface area contributed by atoms with Gasteiger partial charge in [0.15, 0.2) is 5.84 Å². The molecule has 0 atom stereocenters. The van der Waals surface area contributed by atoms with Gasteiger partial charge in [-0.1, -0.05) is 54.6 Å². The van der Waals surface area contributed by atoms with Gasteiger partial charge in [0.1, 0.15) is 5.70 Å². The minimum atomic E-state index is -0.623. The highest BCUT2D eigenvalue weighted by Crippen LogP contribution is 2.26. The highest BCUT2D eigenvalue weighted by Gasteiger charge is 2.32. The Morgan fingerprint density at radius 1 is 0.788 bits per heavy atom. The van der Waals surface area contributed by atoms with Gasteiger partial charge in [0.05, 0.1) is 27.2 Å². The fraction of sp³-hybridized carbons (Fsp3) is 0. The molecule has 0 fully saturated rings. The molecular weight excluding hydrogens is 426 g/mol. The van der Waals surface area contributed by atoms with E-state index in [1.807, 2.05) is 0 Å². The zero-order valence-electron chi connectivity index (χ0n) is 16.9. The van der Waals surface area contributed by atoms with Gasteiger partial charge in [0.25, 0.3) is 17.3 Å². The first-order chi connectivity index (χ1) is 16.0. The van der Waals surface area contributed by atoms with Crippen molar-refractivity contribution in [3.8, 4) is 0 Å². The lowest BCUT2D eigenvalue weighted by atomic mass is 10.1. The van der Waals surface area contributed by atoms with Crippen molar-refractivity contribution in [3.63, 3.8) is 0 Å². The van der Waals surface area contributed by atoms with Crippen LogP contribution < -0.4 is 0 Å². The van der Waals surface area contributed by atoms with Gasteiger partial charge < -0.3 is 0 Å². The lowest BCUT2D eigenvalue weighted by Crippen LogP contribution is -2.27. The van der Waals surface area contributed by atoms with Crippen molar-refractivity contribution in [2.45, 2.75) is 0 Å². The Labute approximate surface area is 187 Å². The number of amidine groups is 1. The second-order valence-corrected chi connectivity index (χ2v) is 6.82. The van der Waals surface area contributed by atoms with Crippen LogP contribution in [0.3, 0.4) is 0 Å². The summed E-state index contributed by atoms with van der Waals surface area (Å²) in [6.07, 6.45) is 2.53. The molecule has 10 heteroatoms. The maximum absolute atomic E-state index is 13.1. The number of nitrogens with zero attached hydrogens (tertiary/aromatic N) is 5. The number of rotatable bonds is 6. The van der Waals surface area contributed by atoms with Crippen molar-refractivity contribution in [2.75, 3.05) is 0 Å². The van der Waals surface area contributed by atoms with Crippen LogP contribution in [0.5, 0.6) is 0 Å². The molecule has 33 heavy (non-hydrogen) atoms. The van der Waals surface area contributed by atoms with E-state index >= 15 is 0 Å². The fourth-order valence-electron chi connectivity index (χ4n) is 3.20. The Morgan fingerprint density at radius 2 is 1.33 bits per heavy atom. The third-order valence-corrected chi connectivity index (χ3v) is 4.74. The summed E-state index contributed by atoms with van der Waals surface area (Å²) in [6, 6.07) is 20.7. The zero-order valence-corrected chi connectivity index (χ0v) is 16.9. The van der Waals surface area contributed by atoms with Crippen LogP contribution in [-0.2, 0) is 4.79 Å². The Balaban J connectivity index is 1.78. The van der Waals surface area contributed by atoms with Gasteiger partial charge in [-0.15, -0.1) is 0 Å². The Kier molecular flexibility index (Phi) is 5.81. The zero-order chi connectivity index (χ0) is 23.4. The van der Waals surface area contributed by atoms with E-state index in [-0.39, 0.29) is 34.0 Å². The van der Waals surface area contributed by atoms with Crippen LogP contribution in [0.15, 0.2) is 94.7 Å². The topological polar surface area (TPSA) is 131 Å². The molecule has 1 amide bonds. The average molecular weight is 441 g/mol. The van der Waals surface area contributed by atoms with Crippen LogP contribution in [-0.4, -0.2) is 32.8 Å². The van der Waals surface area contributed by atoms with Crippen molar-refractivity contribution in [1.82, 2.24) is 5.01 Å². The summed E-state index contributed by atoms with van der Waals surface area (Å²) >= 11 is 0. The van der Waals surface area contributed by atoms with Gasteiger partial charge >= 0.3 is 0 Å². The van der Waals surface area contributed by atoms with Crippen molar-refractivity contribution >= 4 is 35.4 Å². The molecule has 0 aliphatic carbocycles. The molecule has 3 aromatic rings. The molecule has 0 spiro atoms. The van der Waals surface area contributed by atoms with E-state index < -0.39 is 15.8 Å². The van der Waals surface area contributed by atoms with E-state index in [1.54, 1.807) is 42.5 Å². The Hall–Kier alpha value is -4.99. The SMILES string of the molecule is O=C1/C(=C/c2ccccc2[N+](=O)[O-])N=C(c2ccccc2)N1/N=C/c1ccccc1[N+](=O)[O-]. The first kappa shape index (κ1) is 21.2. The van der Waals surface area contributed by atoms with Crippen LogP contribution in [0.4, 0.5) is 11.4 Å². The minimum absolute atomic E-state index is 0.0529. The number of carbonyl (C=O) groups excluding carboxylic acids is 1. The van der Waals surface area contributed by atoms with Gasteiger partial charge in [-0.2, -0.15) is 10.1 Å². The minimum Gasteiger partial charge on any atom is -0.265 e. The fourth-order valence-corrected chi connectivity index (χ4v) is 3.20. The van der Waals surface area contributed by atoms with E-state index in [0.717, 1.165) is 5.01 Å². The third kappa shape index (κ3) is 4.39. The normalized spacial score (nSPS) is 14.7. The van der Waals surface area contributed by atoms with Crippen LogP contribution in [0, 0.1) is 20.2 Å². The second kappa shape index (κ2) is 9.02. The monoisotopic (exact) mass is 441 g/mol. The average Bonchev–Trinajstić information content (AvgIpc) is 3.13. The Bertz CT molecular complexity index is 1350. The number of carbonyl (C=O) groups is 1. The number of nitro benzene ring substituents is 2. The first-order valence-electron chi connectivity index (χ1n) is 9.67. The van der Waals surface area contributed by atoms with Gasteiger partial charge in [-0.25, -0.2) is 4.99 Å². The molecule has 1 heterocycles. The smallest absolute Gasteiger partial charge is 0.265 e. The maximum atomic E-state index is 13.1. The molecule has 0 aromatic heterocycles. The lowest BCUT2D eigenvalue weighted by molar-refractivity contribution is -0.385. The summed E-state index contributed by atoms with van der Waals surface area (Å²) in [6.45, 7) is 0. The van der Waals surface area contributed by atoms with Gasteiger partial charge in [-0.05, 0) is 18.2 Å². The van der Waals surface area contributed by atoms with Crippen molar-refractivity contribution in [2.24, 2.45) is 10.1 Å². The second-order valence-electron chi connectivity index (χ2n) is 6.82. The molecule has 0 radical (unpaired) electrons. The highest BCUT2D eigenvalue weighted by atomic mass is 16.6. The van der Waals surface area contributed by atoms with Gasteiger partial charge in [0, 0.05) is 17.7 Å². The molecule has 1 aliphatic heterocycles. The summed E-state index contributed by atoms with van der Waals surface area (Å²) < 4.78 is 0. The molecule has 162 valence electrons. The van der Waals surface area contributed by atoms with Gasteiger partial charge in [-0.3, -0.25) is 25.0 Å². The summed E-state index contributed by atoms with van der Waals surface area (Å²) in [5.74, 6) is -0.429. The maximum Gasteiger partial charge on any atom is 0.298 e. The molecule has 0 saturated carbocycles. The third-order valence-electron chi connectivity index (χ3n) is 4.74. The standard InChI is InChI=1S/C23H15N5O5/c29-23-19(14-17-10-4-6-12-20(17)27(30)31)25-22(16-8-2-1-3-9-16)26(23)24-15-18-11-5-7-13-21(18)28(32)33/h1-15H/b19-14-,24-15+. The quantitative estimate of drug-likeness (QED) is 0.245. The molecule has 0 unspecified atom stereocenters. The van der Waals surface area contributed by atoms with E-state index in [0.29, 0.717) is 5.56 Å². The van der Waals surface area contributed by atoms with Crippen LogP contribution in [0.25, 0.3) is 6.08 Å². The molecule has 4 rings (SSSR count). The molecule has 1 aliphatic rings. The largest absolute Gasteiger partial charge is 0.298 e. The van der Waals surface area contributed by atoms with E-state index in [4.69, 9.17) is 0 Å². The summed E-state index contributed by atoms with van der Waals surface area (Å²) in [5.41, 5.74) is 0.614. The predicted octanol–water partition coefficient (Wildman–Crippen LogP) is 4.17. The molecule has 3 aromatic carbocycles. The van der Waals surface area contributed by atoms with Crippen LogP contribution >= 0.6 is 0 Å². The summed E-state index contributed by atoms with van der Waals surface area (Å²) in [7, 11) is 0. The number of hydrogen-bond acceptors (Lipinski definition) is 7. The molecule has 0 saturated heterocycles. The first-order valence-corrected chi connectivity index (χ1v) is 9.67. The number of nitro groups is 2. The molecule has 0 N–H and O–H groups in total. The van der Waals surface area contributed by atoms with E-state index in [9.17, 15) is 25.0 Å². The lowest BCUT2D eigenvalue weighted by Gasteiger charge is -2.11.